The topological polar surface area (TPSA) is 97.2 Å². The first-order valence-corrected chi connectivity index (χ1v) is 8.04. The summed E-state index contributed by atoms with van der Waals surface area (Å²) in [5, 5.41) is 13.2. The number of ether oxygens (including phenoxy) is 2. The van der Waals surface area contributed by atoms with Crippen molar-refractivity contribution in [3.8, 4) is 11.5 Å². The molecule has 26 heavy (non-hydrogen) atoms. The molecule has 0 aliphatic rings. The molecular formula is C17H14Cl2N2O5. The fraction of sp³-hybridized carbons (Fsp3) is 0.118. The molecule has 136 valence electrons. The molecule has 2 N–H and O–H groups in total. The van der Waals surface area contributed by atoms with E-state index in [9.17, 15) is 9.59 Å². The lowest BCUT2D eigenvalue weighted by molar-refractivity contribution is -0.139. The molecule has 0 saturated heterocycles. The maximum absolute atomic E-state index is 11.7. The van der Waals surface area contributed by atoms with Crippen LogP contribution in [0, 0.1) is 0 Å². The number of carboxylic acid groups (broad SMARTS) is 1. The van der Waals surface area contributed by atoms with Gasteiger partial charge in [0.1, 0.15) is 11.5 Å². The number of hydrogen-bond donors (Lipinski definition) is 2. The van der Waals surface area contributed by atoms with Gasteiger partial charge in [0.25, 0.3) is 5.91 Å². The van der Waals surface area contributed by atoms with Gasteiger partial charge in [-0.25, -0.2) is 10.2 Å². The van der Waals surface area contributed by atoms with E-state index >= 15 is 0 Å². The summed E-state index contributed by atoms with van der Waals surface area (Å²) in [6.45, 7) is -0.696. The Bertz CT molecular complexity index is 809. The van der Waals surface area contributed by atoms with Crippen LogP contribution < -0.4 is 14.9 Å². The molecule has 0 bridgehead atoms. The second-order valence-electron chi connectivity index (χ2n) is 4.91. The van der Waals surface area contributed by atoms with Crippen molar-refractivity contribution >= 4 is 41.3 Å². The zero-order chi connectivity index (χ0) is 18.9. The minimum atomic E-state index is -1.10. The standard InChI is InChI=1S/C17H14Cl2N2O5/c18-12-2-4-13(5-3-12)25-9-16(22)21-20-8-11-1-6-15(14(19)7-11)26-10-17(23)24/h1-8H,9-10H2,(H,21,22)(H,23,24). The van der Waals surface area contributed by atoms with Gasteiger partial charge in [-0.3, -0.25) is 4.79 Å². The lowest BCUT2D eigenvalue weighted by Crippen LogP contribution is -2.24. The molecule has 0 fully saturated rings. The zero-order valence-corrected chi connectivity index (χ0v) is 14.8. The van der Waals surface area contributed by atoms with E-state index in [1.54, 1.807) is 30.3 Å². The molecule has 0 heterocycles. The van der Waals surface area contributed by atoms with Crippen molar-refractivity contribution in [2.45, 2.75) is 0 Å². The van der Waals surface area contributed by atoms with Gasteiger partial charge < -0.3 is 14.6 Å². The van der Waals surface area contributed by atoms with Gasteiger partial charge >= 0.3 is 5.97 Å². The van der Waals surface area contributed by atoms with Crippen LogP contribution in [0.15, 0.2) is 47.6 Å². The number of hydrogen-bond acceptors (Lipinski definition) is 5. The third-order valence-corrected chi connectivity index (χ3v) is 3.44. The maximum Gasteiger partial charge on any atom is 0.341 e. The second kappa shape index (κ2) is 9.65. The van der Waals surface area contributed by atoms with Crippen LogP contribution in [0.5, 0.6) is 11.5 Å². The SMILES string of the molecule is O=C(O)COc1ccc(C=NNC(=O)COc2ccc(Cl)cc2)cc1Cl. The maximum atomic E-state index is 11.7. The van der Waals surface area contributed by atoms with E-state index in [-0.39, 0.29) is 17.4 Å². The fourth-order valence-corrected chi connectivity index (χ4v) is 2.11. The first-order chi connectivity index (χ1) is 12.4. The summed E-state index contributed by atoms with van der Waals surface area (Å²) in [4.78, 5) is 22.1. The Balaban J connectivity index is 1.81. The van der Waals surface area contributed by atoms with Crippen molar-refractivity contribution in [1.29, 1.82) is 0 Å². The molecule has 0 spiro atoms. The molecule has 0 atom stereocenters. The Morgan fingerprint density at radius 1 is 1.08 bits per heavy atom. The van der Waals surface area contributed by atoms with Gasteiger partial charge in [-0.2, -0.15) is 5.10 Å². The molecule has 7 nitrogen and oxygen atoms in total. The number of carbonyl (C=O) groups excluding carboxylic acids is 1. The number of carbonyl (C=O) groups is 2. The first-order valence-electron chi connectivity index (χ1n) is 7.28. The Morgan fingerprint density at radius 2 is 1.81 bits per heavy atom. The molecular weight excluding hydrogens is 383 g/mol. The Morgan fingerprint density at radius 3 is 2.46 bits per heavy atom. The third-order valence-electron chi connectivity index (χ3n) is 2.89. The zero-order valence-electron chi connectivity index (χ0n) is 13.3. The van der Waals surface area contributed by atoms with Crippen LogP contribution in [-0.2, 0) is 9.59 Å². The summed E-state index contributed by atoms with van der Waals surface area (Å²) in [6.07, 6.45) is 1.38. The molecule has 2 aromatic carbocycles. The minimum absolute atomic E-state index is 0.207. The van der Waals surface area contributed by atoms with E-state index in [1.165, 1.54) is 18.3 Å². The van der Waals surface area contributed by atoms with Crippen LogP contribution >= 0.6 is 23.2 Å². The number of nitrogens with one attached hydrogen (secondary N) is 1. The number of benzene rings is 2. The van der Waals surface area contributed by atoms with E-state index in [0.29, 0.717) is 16.3 Å². The number of carboxylic acids is 1. The molecule has 0 aliphatic heterocycles. The smallest absolute Gasteiger partial charge is 0.341 e. The molecule has 0 saturated carbocycles. The van der Waals surface area contributed by atoms with Gasteiger partial charge in [-0.1, -0.05) is 23.2 Å². The molecule has 2 aromatic rings. The first kappa shape index (κ1) is 19.6. The number of amides is 1. The summed E-state index contributed by atoms with van der Waals surface area (Å²) in [6, 6.07) is 11.3. The van der Waals surface area contributed by atoms with Crippen LogP contribution in [0.1, 0.15) is 5.56 Å². The van der Waals surface area contributed by atoms with E-state index in [0.717, 1.165) is 0 Å². The fourth-order valence-electron chi connectivity index (χ4n) is 1.74. The number of hydrazone groups is 1. The molecule has 0 aliphatic carbocycles. The Hall–Kier alpha value is -2.77. The molecule has 9 heteroatoms. The van der Waals surface area contributed by atoms with E-state index in [4.69, 9.17) is 37.8 Å². The van der Waals surface area contributed by atoms with E-state index < -0.39 is 18.5 Å². The highest BCUT2D eigenvalue weighted by Gasteiger charge is 2.05. The number of aliphatic carboxylic acids is 1. The monoisotopic (exact) mass is 396 g/mol. The number of halogens is 2. The Kier molecular flexibility index (Phi) is 7.25. The number of nitrogens with zero attached hydrogens (tertiary/aromatic N) is 1. The highest BCUT2D eigenvalue weighted by Crippen LogP contribution is 2.24. The summed E-state index contributed by atoms with van der Waals surface area (Å²) < 4.78 is 10.3. The summed E-state index contributed by atoms with van der Waals surface area (Å²) in [7, 11) is 0. The van der Waals surface area contributed by atoms with E-state index in [2.05, 4.69) is 10.5 Å². The van der Waals surface area contributed by atoms with Gasteiger partial charge in [0.05, 0.1) is 11.2 Å². The summed E-state index contributed by atoms with van der Waals surface area (Å²) in [5.74, 6) is -0.789. The summed E-state index contributed by atoms with van der Waals surface area (Å²) >= 11 is 11.7. The minimum Gasteiger partial charge on any atom is -0.484 e. The molecule has 2 rings (SSSR count). The molecule has 0 unspecified atom stereocenters. The predicted octanol–water partition coefficient (Wildman–Crippen LogP) is 2.99. The highest BCUT2D eigenvalue weighted by molar-refractivity contribution is 6.32. The van der Waals surface area contributed by atoms with Crippen molar-refractivity contribution < 1.29 is 24.2 Å². The number of rotatable bonds is 8. The Labute approximate surface area is 159 Å². The largest absolute Gasteiger partial charge is 0.484 e. The van der Waals surface area contributed by atoms with Gasteiger partial charge in [-0.05, 0) is 48.0 Å². The lowest BCUT2D eigenvalue weighted by Gasteiger charge is -2.06. The lowest BCUT2D eigenvalue weighted by atomic mass is 10.2. The molecule has 0 aromatic heterocycles. The average molecular weight is 397 g/mol. The van der Waals surface area contributed by atoms with Crippen LogP contribution in [0.25, 0.3) is 0 Å². The van der Waals surface area contributed by atoms with Crippen molar-refractivity contribution in [2.75, 3.05) is 13.2 Å². The highest BCUT2D eigenvalue weighted by atomic mass is 35.5. The van der Waals surface area contributed by atoms with Crippen molar-refractivity contribution in [2.24, 2.45) is 5.10 Å². The quantitative estimate of drug-likeness (QED) is 0.527. The van der Waals surface area contributed by atoms with E-state index in [1.807, 2.05) is 0 Å². The van der Waals surface area contributed by atoms with Crippen LogP contribution in [-0.4, -0.2) is 36.4 Å². The average Bonchev–Trinajstić information content (AvgIpc) is 2.60. The summed E-state index contributed by atoms with van der Waals surface area (Å²) in [5.41, 5.74) is 2.91. The normalized spacial score (nSPS) is 10.5. The molecule has 0 radical (unpaired) electrons. The van der Waals surface area contributed by atoms with Crippen LogP contribution in [0.4, 0.5) is 0 Å². The van der Waals surface area contributed by atoms with Gasteiger partial charge in [0.2, 0.25) is 0 Å². The molecule has 1 amide bonds. The van der Waals surface area contributed by atoms with Gasteiger partial charge in [-0.15, -0.1) is 0 Å². The second-order valence-corrected chi connectivity index (χ2v) is 5.75. The van der Waals surface area contributed by atoms with Crippen LogP contribution in [0.2, 0.25) is 10.0 Å². The third kappa shape index (κ3) is 6.62. The van der Waals surface area contributed by atoms with Crippen molar-refractivity contribution in [3.05, 3.63) is 58.1 Å². The van der Waals surface area contributed by atoms with Crippen molar-refractivity contribution in [1.82, 2.24) is 5.43 Å². The van der Waals surface area contributed by atoms with Gasteiger partial charge in [0, 0.05) is 5.02 Å². The van der Waals surface area contributed by atoms with Crippen LogP contribution in [0.3, 0.4) is 0 Å². The predicted molar refractivity (Wildman–Crippen MR) is 97.3 cm³/mol. The van der Waals surface area contributed by atoms with Crippen molar-refractivity contribution in [3.63, 3.8) is 0 Å². The van der Waals surface area contributed by atoms with Gasteiger partial charge in [0.15, 0.2) is 13.2 Å².